The summed E-state index contributed by atoms with van der Waals surface area (Å²) in [7, 11) is 0. The fourth-order valence-electron chi connectivity index (χ4n) is 8.41. The third-order valence-corrected chi connectivity index (χ3v) is 11.8. The van der Waals surface area contributed by atoms with Gasteiger partial charge in [-0.15, -0.1) is 0 Å². The first kappa shape index (κ1) is 45.0. The molecule has 1 aliphatic heterocycles. The van der Waals surface area contributed by atoms with Crippen molar-refractivity contribution in [3.63, 3.8) is 0 Å². The van der Waals surface area contributed by atoms with E-state index in [0.29, 0.717) is 0 Å². The van der Waals surface area contributed by atoms with Crippen LogP contribution in [0.5, 0.6) is 0 Å². The molecule has 14 nitrogen and oxygen atoms in total. The highest BCUT2D eigenvalue weighted by Crippen LogP contribution is 2.58. The van der Waals surface area contributed by atoms with Gasteiger partial charge < -0.3 is 39.6 Å². The zero-order valence-electron chi connectivity index (χ0n) is 33.8. The maximum Gasteiger partial charge on any atom is 0.338 e. The molecule has 2 fully saturated rings. The molecule has 0 aromatic heterocycles. The van der Waals surface area contributed by atoms with Gasteiger partial charge in [0.1, 0.15) is 23.9 Å². The van der Waals surface area contributed by atoms with Gasteiger partial charge in [-0.2, -0.15) is 0 Å². The zero-order valence-corrected chi connectivity index (χ0v) is 34.5. The van der Waals surface area contributed by atoms with Gasteiger partial charge in [-0.05, 0) is 43.0 Å². The maximum absolute atomic E-state index is 14.4. The predicted octanol–water partition coefficient (Wildman–Crippen LogP) is 3.68. The van der Waals surface area contributed by atoms with Crippen LogP contribution in [0.1, 0.15) is 98.9 Å². The molecule has 2 aliphatic carbocycles. The van der Waals surface area contributed by atoms with Crippen LogP contribution in [0.3, 0.4) is 0 Å². The second kappa shape index (κ2) is 16.7. The van der Waals surface area contributed by atoms with E-state index in [0.717, 1.165) is 6.92 Å². The highest BCUT2D eigenvalue weighted by atomic mass is 35.5. The van der Waals surface area contributed by atoms with E-state index in [4.69, 9.17) is 30.5 Å². The van der Waals surface area contributed by atoms with E-state index in [-0.39, 0.29) is 47.1 Å². The molecule has 15 heteroatoms. The first-order valence-electron chi connectivity index (χ1n) is 18.9. The molecule has 4 unspecified atom stereocenters. The summed E-state index contributed by atoms with van der Waals surface area (Å²) in [5.41, 5.74) is -6.77. The number of aliphatic hydroxyl groups excluding tert-OH is 2. The number of fused-ring (bicyclic) bond motifs is 2. The molecule has 1 saturated carbocycles. The fraction of sp³-hybridized carbons (Fsp3) is 0.659. The average Bonchev–Trinajstić information content (AvgIpc) is 3.09. The van der Waals surface area contributed by atoms with Crippen molar-refractivity contribution in [3.05, 3.63) is 46.0 Å². The topological polar surface area (TPSA) is 212 Å². The molecular weight excluding hydrogens is 750 g/mol. The third kappa shape index (κ3) is 8.45. The molecule has 0 radical (unpaired) electrons. The Balaban J connectivity index is 1.92. The molecule has 1 saturated heterocycles. The number of amides is 1. The molecular formula is C41H56ClNO13. The summed E-state index contributed by atoms with van der Waals surface area (Å²) >= 11 is 6.21. The van der Waals surface area contributed by atoms with Crippen LogP contribution in [-0.2, 0) is 42.9 Å². The van der Waals surface area contributed by atoms with Crippen LogP contribution in [-0.4, -0.2) is 106 Å². The molecule has 56 heavy (non-hydrogen) atoms. The quantitative estimate of drug-likeness (QED) is 0.135. The second-order valence-corrected chi connectivity index (χ2v) is 17.8. The summed E-state index contributed by atoms with van der Waals surface area (Å²) in [5.74, 6) is -8.21. The number of esters is 3. The predicted molar refractivity (Wildman–Crippen MR) is 202 cm³/mol. The molecule has 0 spiro atoms. The normalized spacial score (nSPS) is 30.0. The zero-order chi connectivity index (χ0) is 42.3. The van der Waals surface area contributed by atoms with Crippen LogP contribution in [0.2, 0.25) is 5.02 Å². The number of benzene rings is 1. The summed E-state index contributed by atoms with van der Waals surface area (Å²) in [6.45, 7) is 15.0. The minimum absolute atomic E-state index is 0.0181. The molecule has 310 valence electrons. The van der Waals surface area contributed by atoms with E-state index in [1.165, 1.54) is 52.0 Å². The summed E-state index contributed by atoms with van der Waals surface area (Å²) in [4.78, 5) is 82.5. The van der Waals surface area contributed by atoms with Crippen LogP contribution in [0.15, 0.2) is 35.4 Å². The molecule has 1 aromatic carbocycles. The van der Waals surface area contributed by atoms with E-state index in [1.807, 2.05) is 13.8 Å². The van der Waals surface area contributed by atoms with Crippen LogP contribution < -0.4 is 5.32 Å². The molecule has 1 heterocycles. The summed E-state index contributed by atoms with van der Waals surface area (Å²) in [5, 5.41) is 37.6. The lowest BCUT2D eigenvalue weighted by molar-refractivity contribution is -0.307. The Morgan fingerprint density at radius 3 is 2.27 bits per heavy atom. The van der Waals surface area contributed by atoms with Gasteiger partial charge in [0.25, 0.3) is 0 Å². The van der Waals surface area contributed by atoms with Crippen LogP contribution in [0, 0.1) is 28.6 Å². The standard InChI is InChI=1S/C41H56ClNO13/c1-20(2)16-26(43-37(51)38(6,7)8)32(47)36(50)54-27-18-41(52)34(55-35(49)24-12-11-13-25(42)17-24)30(40(56-23(5)45)19-53-28(40)14-15-44)22(4)31(46)33(48)29(21(27)3)39(41,9)10/h11-13,17,20,22,26-28,30,32,34,44,47,52H,14-16,18-19H2,1-10H3,(H,43,51)/t22?,26-,27-,28?,30?,32+,34-,40?,41+/m0/s1. The minimum Gasteiger partial charge on any atom is -0.456 e. The lowest BCUT2D eigenvalue weighted by Crippen LogP contribution is -2.75. The van der Waals surface area contributed by atoms with Gasteiger partial charge in [0.05, 0.1) is 24.1 Å². The number of carbonyl (C=O) groups excluding carboxylic acids is 6. The molecule has 2 bridgehead atoms. The number of hydrogen-bond donors (Lipinski definition) is 4. The van der Waals surface area contributed by atoms with Gasteiger partial charge in [0.15, 0.2) is 11.7 Å². The Labute approximate surface area is 332 Å². The average molecular weight is 806 g/mol. The minimum atomic E-state index is -2.36. The van der Waals surface area contributed by atoms with Gasteiger partial charge in [-0.25, -0.2) is 9.59 Å². The number of halogens is 1. The Kier molecular flexibility index (Phi) is 13.4. The summed E-state index contributed by atoms with van der Waals surface area (Å²) in [6.07, 6.45) is -6.56. The number of ketones is 2. The molecule has 4 rings (SSSR count). The molecule has 1 amide bonds. The SMILES string of the molecule is CC(=O)OC1(C2C(C)C(=O)C(=O)C3=C(C)[C@@H](OC(=O)[C@H](O)[C@H](CC(C)C)NC(=O)C(C)(C)C)C[C@@](O)([C@H]2OC(=O)c2cccc(Cl)c2)C3(C)C)COC1CCO. The van der Waals surface area contributed by atoms with Crippen molar-refractivity contribution < 1.29 is 63.0 Å². The highest BCUT2D eigenvalue weighted by Gasteiger charge is 2.71. The molecule has 1 aromatic rings. The van der Waals surface area contributed by atoms with Crippen molar-refractivity contribution in [2.45, 2.75) is 130 Å². The van der Waals surface area contributed by atoms with Gasteiger partial charge in [0, 0.05) is 53.7 Å². The Bertz CT molecular complexity index is 1760. The number of ether oxygens (including phenoxy) is 4. The summed E-state index contributed by atoms with van der Waals surface area (Å²) < 4.78 is 23.9. The first-order valence-corrected chi connectivity index (χ1v) is 19.3. The second-order valence-electron chi connectivity index (χ2n) is 17.3. The largest absolute Gasteiger partial charge is 0.456 e. The monoisotopic (exact) mass is 805 g/mol. The molecule has 9 atom stereocenters. The number of aliphatic hydroxyl groups is 3. The van der Waals surface area contributed by atoms with E-state index in [2.05, 4.69) is 5.32 Å². The van der Waals surface area contributed by atoms with Crippen LogP contribution in [0.4, 0.5) is 0 Å². The lowest BCUT2D eigenvalue weighted by atomic mass is 9.51. The Morgan fingerprint density at radius 1 is 1.11 bits per heavy atom. The Morgan fingerprint density at radius 2 is 1.75 bits per heavy atom. The summed E-state index contributed by atoms with van der Waals surface area (Å²) in [6, 6.07) is 4.75. The first-order chi connectivity index (χ1) is 25.8. The number of hydrogen-bond acceptors (Lipinski definition) is 13. The highest BCUT2D eigenvalue weighted by molar-refractivity contribution is 6.44. The van der Waals surface area contributed by atoms with E-state index < -0.39 is 113 Å². The number of nitrogens with one attached hydrogen (secondary N) is 1. The number of carbonyl (C=O) groups is 6. The van der Waals surface area contributed by atoms with Crippen molar-refractivity contribution in [2.24, 2.45) is 28.6 Å². The van der Waals surface area contributed by atoms with Crippen molar-refractivity contribution in [1.82, 2.24) is 5.32 Å². The van der Waals surface area contributed by atoms with E-state index in [9.17, 15) is 44.1 Å². The number of Topliss-reactive ketones (excluding diaryl/α,β-unsaturated/α-hetero) is 2. The third-order valence-electron chi connectivity index (χ3n) is 11.5. The van der Waals surface area contributed by atoms with Crippen LogP contribution in [0.25, 0.3) is 0 Å². The van der Waals surface area contributed by atoms with Gasteiger partial charge in [0.2, 0.25) is 17.5 Å². The van der Waals surface area contributed by atoms with Gasteiger partial charge >= 0.3 is 17.9 Å². The maximum atomic E-state index is 14.4. The van der Waals surface area contributed by atoms with Crippen molar-refractivity contribution >= 4 is 47.0 Å². The molecule has 4 N–H and O–H groups in total. The Hall–Kier alpha value is -3.69. The fourth-order valence-corrected chi connectivity index (χ4v) is 8.60. The number of rotatable bonds is 12. The van der Waals surface area contributed by atoms with E-state index >= 15 is 0 Å². The molecule has 3 aliphatic rings. The lowest BCUT2D eigenvalue weighted by Gasteiger charge is -2.61. The van der Waals surface area contributed by atoms with Gasteiger partial charge in [-0.3, -0.25) is 19.2 Å². The van der Waals surface area contributed by atoms with Crippen molar-refractivity contribution in [3.8, 4) is 0 Å². The van der Waals surface area contributed by atoms with Gasteiger partial charge in [-0.1, -0.05) is 73.1 Å². The van der Waals surface area contributed by atoms with Crippen molar-refractivity contribution in [1.29, 1.82) is 0 Å². The van der Waals surface area contributed by atoms with Crippen molar-refractivity contribution in [2.75, 3.05) is 13.2 Å². The van der Waals surface area contributed by atoms with E-state index in [1.54, 1.807) is 20.8 Å². The van der Waals surface area contributed by atoms with Crippen LogP contribution >= 0.6 is 11.6 Å². The smallest absolute Gasteiger partial charge is 0.338 e.